The highest BCUT2D eigenvalue weighted by Crippen LogP contribution is 2.36. The number of rotatable bonds is 6. The first-order valence-corrected chi connectivity index (χ1v) is 11.5. The van der Waals surface area contributed by atoms with Crippen LogP contribution in [0.3, 0.4) is 0 Å². The summed E-state index contributed by atoms with van der Waals surface area (Å²) >= 11 is 0. The number of benzene rings is 1. The van der Waals surface area contributed by atoms with Crippen LogP contribution in [-0.2, 0) is 12.1 Å². The molecule has 3 aromatic heterocycles. The summed E-state index contributed by atoms with van der Waals surface area (Å²) in [6.45, 7) is 0.784. The number of hydrogen-bond acceptors (Lipinski definition) is 8. The SMILES string of the molecule is CNCc1ccc(-c2cc(-c3nc(-c4ccc(=O)n(C5(C#N)CCCC5)c4)cnc3N)on2)cc1. The van der Waals surface area contributed by atoms with Gasteiger partial charge in [0.1, 0.15) is 11.2 Å². The number of nitrogen functional groups attached to an aromatic ring is 1. The summed E-state index contributed by atoms with van der Waals surface area (Å²) in [6.07, 6.45) is 6.39. The van der Waals surface area contributed by atoms with Gasteiger partial charge in [-0.2, -0.15) is 5.26 Å². The lowest BCUT2D eigenvalue weighted by Gasteiger charge is -2.24. The molecule has 0 aliphatic heterocycles. The molecule has 1 aliphatic rings. The van der Waals surface area contributed by atoms with Gasteiger partial charge in [-0.05, 0) is 44.4 Å². The molecule has 1 aromatic carbocycles. The Morgan fingerprint density at radius 1 is 1.14 bits per heavy atom. The van der Waals surface area contributed by atoms with E-state index >= 15 is 0 Å². The van der Waals surface area contributed by atoms with Crippen LogP contribution in [0.2, 0.25) is 0 Å². The maximum absolute atomic E-state index is 12.6. The summed E-state index contributed by atoms with van der Waals surface area (Å²) in [7, 11) is 1.90. The second kappa shape index (κ2) is 9.16. The zero-order valence-electron chi connectivity index (χ0n) is 19.4. The molecule has 0 spiro atoms. The van der Waals surface area contributed by atoms with Gasteiger partial charge in [0.05, 0.1) is 18.0 Å². The Balaban J connectivity index is 1.49. The molecule has 4 aromatic rings. The Morgan fingerprint density at radius 3 is 2.60 bits per heavy atom. The molecule has 3 N–H and O–H groups in total. The van der Waals surface area contributed by atoms with Crippen LogP contribution in [0.1, 0.15) is 31.2 Å². The number of nitrogens with zero attached hydrogens (tertiary/aromatic N) is 5. The molecular formula is C26H25N7O2. The first-order chi connectivity index (χ1) is 17.0. The van der Waals surface area contributed by atoms with Crippen LogP contribution in [0, 0.1) is 11.3 Å². The van der Waals surface area contributed by atoms with Gasteiger partial charge in [0.15, 0.2) is 17.3 Å². The number of hydrogen-bond donors (Lipinski definition) is 2. The average Bonchev–Trinajstić information content (AvgIpc) is 3.56. The number of aromatic nitrogens is 4. The number of nitrogens with one attached hydrogen (secondary N) is 1. The number of nitriles is 1. The molecular weight excluding hydrogens is 442 g/mol. The van der Waals surface area contributed by atoms with E-state index in [4.69, 9.17) is 10.3 Å². The number of pyridine rings is 1. The minimum absolute atomic E-state index is 0.207. The molecule has 1 fully saturated rings. The van der Waals surface area contributed by atoms with Crippen molar-refractivity contribution in [1.29, 1.82) is 5.26 Å². The van der Waals surface area contributed by atoms with Crippen LogP contribution in [-0.4, -0.2) is 26.7 Å². The van der Waals surface area contributed by atoms with Crippen molar-refractivity contribution in [3.8, 4) is 40.0 Å². The summed E-state index contributed by atoms with van der Waals surface area (Å²) in [5, 5.41) is 17.2. The van der Waals surface area contributed by atoms with Crippen molar-refractivity contribution in [2.75, 3.05) is 12.8 Å². The van der Waals surface area contributed by atoms with E-state index < -0.39 is 5.54 Å². The summed E-state index contributed by atoms with van der Waals surface area (Å²) in [5.74, 6) is 0.599. The third kappa shape index (κ3) is 4.20. The summed E-state index contributed by atoms with van der Waals surface area (Å²) in [6, 6.07) is 15.3. The first kappa shape index (κ1) is 22.5. The molecule has 9 heteroatoms. The molecule has 0 saturated heterocycles. The van der Waals surface area contributed by atoms with Gasteiger partial charge in [-0.1, -0.05) is 29.4 Å². The molecule has 0 amide bonds. The van der Waals surface area contributed by atoms with E-state index in [0.29, 0.717) is 41.2 Å². The smallest absolute Gasteiger partial charge is 0.251 e. The largest absolute Gasteiger partial charge is 0.382 e. The van der Waals surface area contributed by atoms with Crippen LogP contribution < -0.4 is 16.6 Å². The van der Waals surface area contributed by atoms with Crippen molar-refractivity contribution in [2.45, 2.75) is 37.8 Å². The van der Waals surface area contributed by atoms with Crippen molar-refractivity contribution in [1.82, 2.24) is 25.0 Å². The standard InChI is InChI=1S/C26H25N7O2/c1-29-13-17-4-6-18(7-5-17)20-12-22(35-32-20)24-25(28)30-14-21(31-24)19-8-9-23(34)33(15-19)26(16-27)10-2-3-11-26/h4-9,12,14-15,29H,2-3,10-11,13H2,1H3,(H2,28,30). The molecule has 0 unspecified atom stereocenters. The van der Waals surface area contributed by atoms with Gasteiger partial charge in [-0.25, -0.2) is 9.97 Å². The van der Waals surface area contributed by atoms with Gasteiger partial charge in [0, 0.05) is 36.0 Å². The highest BCUT2D eigenvalue weighted by Gasteiger charge is 2.36. The predicted molar refractivity (Wildman–Crippen MR) is 132 cm³/mol. The topological polar surface area (TPSA) is 136 Å². The molecule has 0 bridgehead atoms. The van der Waals surface area contributed by atoms with E-state index in [1.54, 1.807) is 24.5 Å². The van der Waals surface area contributed by atoms with E-state index in [9.17, 15) is 10.1 Å². The van der Waals surface area contributed by atoms with Crippen molar-refractivity contribution in [3.63, 3.8) is 0 Å². The third-order valence-electron chi connectivity index (χ3n) is 6.48. The maximum atomic E-state index is 12.6. The van der Waals surface area contributed by atoms with Crippen molar-refractivity contribution < 1.29 is 4.52 Å². The lowest BCUT2D eigenvalue weighted by Crippen LogP contribution is -2.37. The van der Waals surface area contributed by atoms with Gasteiger partial charge in [0.25, 0.3) is 5.56 Å². The van der Waals surface area contributed by atoms with Gasteiger partial charge >= 0.3 is 0 Å². The van der Waals surface area contributed by atoms with E-state index in [0.717, 1.165) is 24.9 Å². The quantitative estimate of drug-likeness (QED) is 0.438. The minimum atomic E-state index is -0.820. The third-order valence-corrected chi connectivity index (χ3v) is 6.48. The van der Waals surface area contributed by atoms with Gasteiger partial charge in [-0.15, -0.1) is 0 Å². The van der Waals surface area contributed by atoms with Crippen molar-refractivity contribution in [3.05, 3.63) is 70.8 Å². The zero-order valence-corrected chi connectivity index (χ0v) is 19.4. The summed E-state index contributed by atoms with van der Waals surface area (Å²) in [5.41, 5.74) is 9.39. The molecule has 176 valence electrons. The Kier molecular flexibility index (Phi) is 5.89. The monoisotopic (exact) mass is 467 g/mol. The molecule has 0 atom stereocenters. The predicted octanol–water partition coefficient (Wildman–Crippen LogP) is 3.72. The minimum Gasteiger partial charge on any atom is -0.382 e. The van der Waals surface area contributed by atoms with Crippen molar-refractivity contribution in [2.24, 2.45) is 0 Å². The van der Waals surface area contributed by atoms with E-state index in [1.807, 2.05) is 31.3 Å². The van der Waals surface area contributed by atoms with Crippen LogP contribution in [0.4, 0.5) is 5.82 Å². The highest BCUT2D eigenvalue weighted by atomic mass is 16.5. The second-order valence-electron chi connectivity index (χ2n) is 8.77. The van der Waals surface area contributed by atoms with Crippen LogP contribution in [0.25, 0.3) is 34.0 Å². The summed E-state index contributed by atoms with van der Waals surface area (Å²) in [4.78, 5) is 21.6. The molecule has 35 heavy (non-hydrogen) atoms. The Labute approximate surface area is 202 Å². The van der Waals surface area contributed by atoms with E-state index in [2.05, 4.69) is 26.5 Å². The van der Waals surface area contributed by atoms with Gasteiger partial charge in [-0.3, -0.25) is 9.36 Å². The zero-order chi connectivity index (χ0) is 24.4. The molecule has 9 nitrogen and oxygen atoms in total. The second-order valence-corrected chi connectivity index (χ2v) is 8.77. The first-order valence-electron chi connectivity index (χ1n) is 11.5. The fraction of sp³-hybridized carbons (Fsp3) is 0.269. The fourth-order valence-electron chi connectivity index (χ4n) is 4.58. The van der Waals surface area contributed by atoms with Crippen LogP contribution in [0.15, 0.2) is 64.2 Å². The number of nitrogens with two attached hydrogens (primary N) is 1. The highest BCUT2D eigenvalue weighted by molar-refractivity contribution is 5.72. The van der Waals surface area contributed by atoms with Crippen LogP contribution >= 0.6 is 0 Å². The van der Waals surface area contributed by atoms with Gasteiger partial charge < -0.3 is 15.6 Å². The molecule has 3 heterocycles. The lowest BCUT2D eigenvalue weighted by molar-refractivity contribution is 0.383. The van der Waals surface area contributed by atoms with Crippen molar-refractivity contribution >= 4 is 5.82 Å². The normalized spacial score (nSPS) is 14.6. The molecule has 5 rings (SSSR count). The lowest BCUT2D eigenvalue weighted by atomic mass is 9.98. The number of anilines is 1. The molecule has 1 aliphatic carbocycles. The Morgan fingerprint density at radius 2 is 1.89 bits per heavy atom. The van der Waals surface area contributed by atoms with Gasteiger partial charge in [0.2, 0.25) is 0 Å². The fourth-order valence-corrected chi connectivity index (χ4v) is 4.58. The Bertz CT molecular complexity index is 1460. The maximum Gasteiger partial charge on any atom is 0.251 e. The van der Waals surface area contributed by atoms with Crippen LogP contribution in [0.5, 0.6) is 0 Å². The van der Waals surface area contributed by atoms with E-state index in [-0.39, 0.29) is 11.4 Å². The molecule has 1 saturated carbocycles. The average molecular weight is 468 g/mol. The summed E-state index contributed by atoms with van der Waals surface area (Å²) < 4.78 is 7.11. The Hall–Kier alpha value is -4.29. The molecule has 0 radical (unpaired) electrons. The van der Waals surface area contributed by atoms with E-state index in [1.165, 1.54) is 16.2 Å².